The van der Waals surface area contributed by atoms with Crippen LogP contribution in [0.4, 0.5) is 5.82 Å². The Morgan fingerprint density at radius 3 is 2.63 bits per heavy atom. The number of hydrogen-bond donors (Lipinski definition) is 2. The van der Waals surface area contributed by atoms with Crippen molar-refractivity contribution >= 4 is 47.4 Å². The Kier molecular flexibility index (Phi) is 10.2. The van der Waals surface area contributed by atoms with Crippen LogP contribution in [0.2, 0.25) is 5.02 Å². The van der Waals surface area contributed by atoms with E-state index < -0.39 is 0 Å². The number of aliphatic imine (C=N–C) groups is 1. The van der Waals surface area contributed by atoms with Gasteiger partial charge in [0.25, 0.3) is 0 Å². The van der Waals surface area contributed by atoms with Crippen LogP contribution in [0.25, 0.3) is 0 Å². The van der Waals surface area contributed by atoms with Gasteiger partial charge in [0.05, 0.1) is 19.3 Å². The monoisotopic (exact) mass is 503 g/mol. The molecule has 0 saturated carbocycles. The van der Waals surface area contributed by atoms with Crippen LogP contribution in [0.1, 0.15) is 11.3 Å². The van der Waals surface area contributed by atoms with Gasteiger partial charge >= 0.3 is 0 Å². The molecule has 2 rings (SSSR count). The van der Waals surface area contributed by atoms with E-state index in [0.717, 1.165) is 41.7 Å². The van der Waals surface area contributed by atoms with Gasteiger partial charge in [-0.1, -0.05) is 23.7 Å². The van der Waals surface area contributed by atoms with E-state index in [2.05, 4.69) is 20.6 Å². The third-order valence-corrected chi connectivity index (χ3v) is 4.21. The minimum atomic E-state index is 0. The largest absolute Gasteiger partial charge is 0.497 e. The number of pyridine rings is 1. The number of guanidine groups is 1. The summed E-state index contributed by atoms with van der Waals surface area (Å²) in [6, 6.07) is 11.7. The van der Waals surface area contributed by atoms with Crippen LogP contribution < -0.4 is 20.3 Å². The van der Waals surface area contributed by atoms with E-state index in [-0.39, 0.29) is 24.0 Å². The third kappa shape index (κ3) is 7.42. The molecular formula is C19H27ClIN5O. The van der Waals surface area contributed by atoms with Crippen molar-refractivity contribution < 1.29 is 4.74 Å². The van der Waals surface area contributed by atoms with Crippen LogP contribution in [-0.4, -0.2) is 45.7 Å². The Labute approximate surface area is 183 Å². The van der Waals surface area contributed by atoms with E-state index in [1.807, 2.05) is 55.4 Å². The Morgan fingerprint density at radius 2 is 2.00 bits per heavy atom. The molecule has 2 aromatic rings. The standard InChI is InChI=1S/C19H26ClN5O.HI/c1-21-19(23-13-15-6-5-7-18(24-15)25(2)3)22-11-10-14-8-9-16(26-4)12-17(14)20;/h5-9,12H,10-11,13H2,1-4H3,(H2,21,22,23);1H. The molecule has 6 nitrogen and oxygen atoms in total. The molecule has 0 amide bonds. The molecule has 148 valence electrons. The lowest BCUT2D eigenvalue weighted by Crippen LogP contribution is -2.38. The fraction of sp³-hybridized carbons (Fsp3) is 0.368. The topological polar surface area (TPSA) is 61.8 Å². The minimum absolute atomic E-state index is 0. The number of anilines is 1. The summed E-state index contributed by atoms with van der Waals surface area (Å²) in [6.45, 7) is 1.32. The lowest BCUT2D eigenvalue weighted by atomic mass is 10.1. The smallest absolute Gasteiger partial charge is 0.191 e. The summed E-state index contributed by atoms with van der Waals surface area (Å²) in [5, 5.41) is 7.28. The van der Waals surface area contributed by atoms with Crippen LogP contribution in [0, 0.1) is 0 Å². The molecule has 0 saturated heterocycles. The first-order valence-corrected chi connectivity index (χ1v) is 8.81. The summed E-state index contributed by atoms with van der Waals surface area (Å²) in [5.74, 6) is 2.42. The molecule has 0 bridgehead atoms. The summed E-state index contributed by atoms with van der Waals surface area (Å²) in [7, 11) is 7.33. The van der Waals surface area contributed by atoms with Crippen LogP contribution in [0.3, 0.4) is 0 Å². The molecule has 0 radical (unpaired) electrons. The molecule has 0 aliphatic carbocycles. The maximum absolute atomic E-state index is 6.27. The molecule has 2 N–H and O–H groups in total. The fourth-order valence-corrected chi connectivity index (χ4v) is 2.65. The molecule has 0 unspecified atom stereocenters. The number of nitrogens with zero attached hydrogens (tertiary/aromatic N) is 3. The van der Waals surface area contributed by atoms with Crippen LogP contribution in [0.5, 0.6) is 5.75 Å². The molecule has 8 heteroatoms. The normalized spacial score (nSPS) is 10.8. The van der Waals surface area contributed by atoms with E-state index in [0.29, 0.717) is 11.6 Å². The van der Waals surface area contributed by atoms with E-state index in [4.69, 9.17) is 16.3 Å². The van der Waals surface area contributed by atoms with Crippen molar-refractivity contribution in [3.05, 3.63) is 52.7 Å². The zero-order chi connectivity index (χ0) is 18.9. The number of hydrogen-bond acceptors (Lipinski definition) is 4. The maximum atomic E-state index is 6.27. The van der Waals surface area contributed by atoms with Crippen molar-refractivity contribution in [1.82, 2.24) is 15.6 Å². The summed E-state index contributed by atoms with van der Waals surface area (Å²) in [5.41, 5.74) is 2.02. The third-order valence-electron chi connectivity index (χ3n) is 3.86. The predicted molar refractivity (Wildman–Crippen MR) is 124 cm³/mol. The number of halogens is 2. The Hall–Kier alpha value is -1.74. The summed E-state index contributed by atoms with van der Waals surface area (Å²) >= 11 is 6.27. The van der Waals surface area contributed by atoms with E-state index in [1.54, 1.807) is 14.2 Å². The van der Waals surface area contributed by atoms with E-state index in [9.17, 15) is 0 Å². The molecule has 1 aromatic heterocycles. The molecule has 0 fully saturated rings. The van der Waals surface area contributed by atoms with Crippen molar-refractivity contribution in [3.63, 3.8) is 0 Å². The molecule has 0 spiro atoms. The molecule has 27 heavy (non-hydrogen) atoms. The zero-order valence-corrected chi connectivity index (χ0v) is 19.2. The maximum Gasteiger partial charge on any atom is 0.191 e. The van der Waals surface area contributed by atoms with Gasteiger partial charge in [-0.25, -0.2) is 4.98 Å². The first-order valence-electron chi connectivity index (χ1n) is 8.43. The second-order valence-corrected chi connectivity index (χ2v) is 6.35. The van der Waals surface area contributed by atoms with E-state index in [1.165, 1.54) is 0 Å². The second kappa shape index (κ2) is 11.9. The minimum Gasteiger partial charge on any atom is -0.497 e. The van der Waals surface area contributed by atoms with Gasteiger partial charge in [-0.2, -0.15) is 0 Å². The summed E-state index contributed by atoms with van der Waals surface area (Å²) in [6.07, 6.45) is 0.790. The first-order chi connectivity index (χ1) is 12.5. The Bertz CT molecular complexity index is 755. The number of benzene rings is 1. The number of methoxy groups -OCH3 is 1. The van der Waals surface area contributed by atoms with E-state index >= 15 is 0 Å². The van der Waals surface area contributed by atoms with Crippen LogP contribution >= 0.6 is 35.6 Å². The first kappa shape index (κ1) is 23.3. The van der Waals surface area contributed by atoms with Crippen LogP contribution in [0.15, 0.2) is 41.4 Å². The number of nitrogens with one attached hydrogen (secondary N) is 2. The lowest BCUT2D eigenvalue weighted by Gasteiger charge is -2.14. The van der Waals surface area contributed by atoms with Crippen molar-refractivity contribution in [2.24, 2.45) is 4.99 Å². The summed E-state index contributed by atoms with van der Waals surface area (Å²) in [4.78, 5) is 10.8. The van der Waals surface area contributed by atoms with Crippen molar-refractivity contribution in [3.8, 4) is 5.75 Å². The molecule has 1 heterocycles. The average Bonchev–Trinajstić information content (AvgIpc) is 2.65. The number of aromatic nitrogens is 1. The van der Waals surface area contributed by atoms with Gasteiger partial charge in [0, 0.05) is 32.7 Å². The Morgan fingerprint density at radius 1 is 1.22 bits per heavy atom. The van der Waals surface area contributed by atoms with Crippen LogP contribution in [-0.2, 0) is 13.0 Å². The average molecular weight is 504 g/mol. The van der Waals surface area contributed by atoms with Crippen molar-refractivity contribution in [2.45, 2.75) is 13.0 Å². The molecule has 0 aliphatic heterocycles. The molecule has 0 atom stereocenters. The number of ether oxygens (including phenoxy) is 1. The highest BCUT2D eigenvalue weighted by molar-refractivity contribution is 14.0. The highest BCUT2D eigenvalue weighted by atomic mass is 127. The van der Waals surface area contributed by atoms with Crippen molar-refractivity contribution in [1.29, 1.82) is 0 Å². The highest BCUT2D eigenvalue weighted by Crippen LogP contribution is 2.22. The van der Waals surface area contributed by atoms with Gasteiger partial charge in [-0.05, 0) is 36.2 Å². The molecule has 0 aliphatic rings. The van der Waals surface area contributed by atoms with Gasteiger partial charge in [0.2, 0.25) is 0 Å². The fourth-order valence-electron chi connectivity index (χ4n) is 2.38. The van der Waals surface area contributed by atoms with Crippen molar-refractivity contribution in [2.75, 3.05) is 39.7 Å². The quantitative estimate of drug-likeness (QED) is 0.345. The SMILES string of the molecule is CN=C(NCCc1ccc(OC)cc1Cl)NCc1cccc(N(C)C)n1.I. The van der Waals surface area contributed by atoms with Gasteiger partial charge in [-0.15, -0.1) is 24.0 Å². The predicted octanol–water partition coefficient (Wildman–Crippen LogP) is 3.34. The number of rotatable bonds is 7. The van der Waals surface area contributed by atoms with Gasteiger partial charge in [-0.3, -0.25) is 4.99 Å². The molecule has 1 aromatic carbocycles. The summed E-state index contributed by atoms with van der Waals surface area (Å²) < 4.78 is 5.17. The van der Waals surface area contributed by atoms with Gasteiger partial charge in [0.1, 0.15) is 11.6 Å². The van der Waals surface area contributed by atoms with Gasteiger partial charge in [0.15, 0.2) is 5.96 Å². The van der Waals surface area contributed by atoms with Gasteiger partial charge < -0.3 is 20.3 Å². The zero-order valence-electron chi connectivity index (χ0n) is 16.1. The second-order valence-electron chi connectivity index (χ2n) is 5.94. The Balaban J connectivity index is 0.00000364. The highest BCUT2D eigenvalue weighted by Gasteiger charge is 2.04. The molecular weight excluding hydrogens is 477 g/mol. The lowest BCUT2D eigenvalue weighted by molar-refractivity contribution is 0.414.